The molecule has 4 heteroatoms. The normalized spacial score (nSPS) is 11.2. The van der Waals surface area contributed by atoms with Gasteiger partial charge in [0.05, 0.1) is 11.3 Å². The first kappa shape index (κ1) is 14.5. The third-order valence-corrected chi connectivity index (χ3v) is 2.67. The number of para-hydroxylation sites is 1. The number of anilines is 1. The van der Waals surface area contributed by atoms with E-state index in [1.54, 1.807) is 13.1 Å². The summed E-state index contributed by atoms with van der Waals surface area (Å²) in [6, 6.07) is 4.48. The van der Waals surface area contributed by atoms with Gasteiger partial charge in [0.2, 0.25) is 0 Å². The molecule has 0 spiro atoms. The van der Waals surface area contributed by atoms with Gasteiger partial charge in [-0.2, -0.15) is 0 Å². The largest absolute Gasteiger partial charge is 0.385 e. The molecule has 0 heterocycles. The maximum atomic E-state index is 13.5. The van der Waals surface area contributed by atoms with Crippen molar-refractivity contribution >= 4 is 11.6 Å². The Hall–Kier alpha value is -1.58. The quantitative estimate of drug-likeness (QED) is 0.864. The van der Waals surface area contributed by atoms with Crippen molar-refractivity contribution in [3.8, 4) is 0 Å². The number of hydrogen-bond acceptors (Lipinski definition) is 2. The lowest BCUT2D eigenvalue weighted by Gasteiger charge is -2.18. The molecule has 3 nitrogen and oxygen atoms in total. The van der Waals surface area contributed by atoms with Gasteiger partial charge in [0.1, 0.15) is 5.82 Å². The highest BCUT2D eigenvalue weighted by Gasteiger charge is 2.15. The van der Waals surface area contributed by atoms with Gasteiger partial charge in [0, 0.05) is 13.6 Å². The fraction of sp³-hybridized carbons (Fsp3) is 0.500. The van der Waals surface area contributed by atoms with Gasteiger partial charge >= 0.3 is 0 Å². The molecule has 0 radical (unpaired) electrons. The number of benzene rings is 1. The van der Waals surface area contributed by atoms with E-state index in [9.17, 15) is 9.18 Å². The summed E-state index contributed by atoms with van der Waals surface area (Å²) in [4.78, 5) is 11.9. The van der Waals surface area contributed by atoms with Gasteiger partial charge in [-0.05, 0) is 24.0 Å². The van der Waals surface area contributed by atoms with Gasteiger partial charge < -0.3 is 10.6 Å². The Balaban J connectivity index is 2.70. The summed E-state index contributed by atoms with van der Waals surface area (Å²) in [6.45, 7) is 6.92. The van der Waals surface area contributed by atoms with Crippen molar-refractivity contribution in [1.29, 1.82) is 0 Å². The Bertz CT molecular complexity index is 424. The summed E-state index contributed by atoms with van der Waals surface area (Å²) in [5.41, 5.74) is 0.748. The Morgan fingerprint density at radius 3 is 2.56 bits per heavy atom. The van der Waals surface area contributed by atoms with Gasteiger partial charge in [-0.1, -0.05) is 26.8 Å². The SMILES string of the molecule is CNc1c(F)cccc1C(=O)NCCC(C)(C)C. The molecule has 0 saturated carbocycles. The molecule has 1 aromatic carbocycles. The molecule has 0 saturated heterocycles. The van der Waals surface area contributed by atoms with Crippen molar-refractivity contribution in [3.05, 3.63) is 29.6 Å². The summed E-state index contributed by atoms with van der Waals surface area (Å²) in [6.07, 6.45) is 0.878. The molecular weight excluding hydrogens is 231 g/mol. The highest BCUT2D eigenvalue weighted by atomic mass is 19.1. The van der Waals surface area contributed by atoms with Gasteiger partial charge in [-0.3, -0.25) is 4.79 Å². The Kier molecular flexibility index (Phi) is 4.70. The first-order chi connectivity index (χ1) is 8.35. The van der Waals surface area contributed by atoms with Crippen LogP contribution in [0.15, 0.2) is 18.2 Å². The van der Waals surface area contributed by atoms with Crippen molar-refractivity contribution in [2.45, 2.75) is 27.2 Å². The third-order valence-electron chi connectivity index (χ3n) is 2.67. The smallest absolute Gasteiger partial charge is 0.253 e. The Labute approximate surface area is 108 Å². The molecule has 1 rings (SSSR count). The fourth-order valence-electron chi connectivity index (χ4n) is 1.61. The lowest BCUT2D eigenvalue weighted by Crippen LogP contribution is -2.28. The van der Waals surface area contributed by atoms with Crippen LogP contribution in [-0.2, 0) is 0 Å². The number of amides is 1. The van der Waals surface area contributed by atoms with E-state index in [0.29, 0.717) is 12.1 Å². The molecule has 0 aliphatic heterocycles. The lowest BCUT2D eigenvalue weighted by molar-refractivity contribution is 0.0950. The molecule has 100 valence electrons. The second-order valence-corrected chi connectivity index (χ2v) is 5.48. The Morgan fingerprint density at radius 2 is 2.00 bits per heavy atom. The van der Waals surface area contributed by atoms with Crippen molar-refractivity contribution in [2.24, 2.45) is 5.41 Å². The zero-order valence-electron chi connectivity index (χ0n) is 11.4. The van der Waals surface area contributed by atoms with Gasteiger partial charge in [0.25, 0.3) is 5.91 Å². The van der Waals surface area contributed by atoms with Crippen molar-refractivity contribution in [3.63, 3.8) is 0 Å². The minimum atomic E-state index is -0.416. The molecule has 18 heavy (non-hydrogen) atoms. The molecule has 0 atom stereocenters. The average Bonchev–Trinajstić information content (AvgIpc) is 2.26. The predicted molar refractivity (Wildman–Crippen MR) is 72.4 cm³/mol. The summed E-state index contributed by atoms with van der Waals surface area (Å²) in [7, 11) is 1.60. The van der Waals surface area contributed by atoms with Crippen LogP contribution in [0.25, 0.3) is 0 Å². The van der Waals surface area contributed by atoms with Crippen LogP contribution in [0.5, 0.6) is 0 Å². The summed E-state index contributed by atoms with van der Waals surface area (Å²) >= 11 is 0. The van der Waals surface area contributed by atoms with Gasteiger partial charge in [-0.15, -0.1) is 0 Å². The molecule has 2 N–H and O–H groups in total. The minimum Gasteiger partial charge on any atom is -0.385 e. The average molecular weight is 252 g/mol. The molecule has 0 unspecified atom stereocenters. The van der Waals surface area contributed by atoms with E-state index >= 15 is 0 Å². The maximum absolute atomic E-state index is 13.5. The standard InChI is InChI=1S/C14H21FN2O/c1-14(2,3)8-9-17-13(18)10-6-5-7-11(15)12(10)16-4/h5-7,16H,8-9H2,1-4H3,(H,17,18). The first-order valence-electron chi connectivity index (χ1n) is 6.09. The van der Waals surface area contributed by atoms with Gasteiger partial charge in [-0.25, -0.2) is 4.39 Å². The van der Waals surface area contributed by atoms with Crippen LogP contribution in [-0.4, -0.2) is 19.5 Å². The monoisotopic (exact) mass is 252 g/mol. The van der Waals surface area contributed by atoms with Crippen molar-refractivity contribution in [2.75, 3.05) is 18.9 Å². The van der Waals surface area contributed by atoms with E-state index in [4.69, 9.17) is 0 Å². The highest BCUT2D eigenvalue weighted by molar-refractivity contribution is 5.99. The highest BCUT2D eigenvalue weighted by Crippen LogP contribution is 2.20. The van der Waals surface area contributed by atoms with E-state index in [1.165, 1.54) is 12.1 Å². The zero-order chi connectivity index (χ0) is 13.8. The van der Waals surface area contributed by atoms with E-state index < -0.39 is 5.82 Å². The number of carbonyl (C=O) groups is 1. The van der Waals surface area contributed by atoms with E-state index in [0.717, 1.165) is 6.42 Å². The molecule has 1 aromatic rings. The lowest BCUT2D eigenvalue weighted by atomic mass is 9.92. The van der Waals surface area contributed by atoms with Crippen LogP contribution in [0.2, 0.25) is 0 Å². The second-order valence-electron chi connectivity index (χ2n) is 5.48. The molecule has 0 aliphatic carbocycles. The van der Waals surface area contributed by atoms with Crippen LogP contribution < -0.4 is 10.6 Å². The van der Waals surface area contributed by atoms with Crippen LogP contribution in [0, 0.1) is 11.2 Å². The Morgan fingerprint density at radius 1 is 1.33 bits per heavy atom. The van der Waals surface area contributed by atoms with E-state index in [1.807, 2.05) is 0 Å². The van der Waals surface area contributed by atoms with Crippen LogP contribution in [0.1, 0.15) is 37.6 Å². The number of hydrogen-bond donors (Lipinski definition) is 2. The van der Waals surface area contributed by atoms with Crippen LogP contribution in [0.4, 0.5) is 10.1 Å². The molecule has 0 bridgehead atoms. The number of halogens is 1. The fourth-order valence-corrected chi connectivity index (χ4v) is 1.61. The second kappa shape index (κ2) is 5.85. The maximum Gasteiger partial charge on any atom is 0.253 e. The van der Waals surface area contributed by atoms with Crippen molar-refractivity contribution < 1.29 is 9.18 Å². The van der Waals surface area contributed by atoms with Crippen LogP contribution in [0.3, 0.4) is 0 Å². The van der Waals surface area contributed by atoms with Crippen molar-refractivity contribution in [1.82, 2.24) is 5.32 Å². The molecular formula is C14H21FN2O. The molecule has 1 amide bonds. The molecule has 0 fully saturated rings. The summed E-state index contributed by atoms with van der Waals surface area (Å²) < 4.78 is 13.5. The number of nitrogens with one attached hydrogen (secondary N) is 2. The third kappa shape index (κ3) is 4.02. The summed E-state index contributed by atoms with van der Waals surface area (Å²) in [5, 5.41) is 5.53. The van der Waals surface area contributed by atoms with E-state index in [2.05, 4.69) is 31.4 Å². The zero-order valence-corrected chi connectivity index (χ0v) is 11.4. The predicted octanol–water partition coefficient (Wildman–Crippen LogP) is 3.03. The molecule has 0 aliphatic rings. The topological polar surface area (TPSA) is 41.1 Å². The van der Waals surface area contributed by atoms with Gasteiger partial charge in [0.15, 0.2) is 0 Å². The number of carbonyl (C=O) groups excluding carboxylic acids is 1. The molecule has 0 aromatic heterocycles. The first-order valence-corrected chi connectivity index (χ1v) is 6.09. The van der Waals surface area contributed by atoms with E-state index in [-0.39, 0.29) is 17.0 Å². The number of rotatable bonds is 4. The van der Waals surface area contributed by atoms with Crippen LogP contribution >= 0.6 is 0 Å². The summed E-state index contributed by atoms with van der Waals surface area (Å²) in [5.74, 6) is -0.663. The minimum absolute atomic E-state index is 0.168.